The summed E-state index contributed by atoms with van der Waals surface area (Å²) < 4.78 is 6.63. The van der Waals surface area contributed by atoms with Crippen molar-refractivity contribution in [2.45, 2.75) is 24.5 Å². The van der Waals surface area contributed by atoms with Crippen molar-refractivity contribution in [1.29, 1.82) is 0 Å². The average Bonchev–Trinajstić information content (AvgIpc) is 2.76. The van der Waals surface area contributed by atoms with Crippen LogP contribution in [0.15, 0.2) is 21.9 Å². The molecular weight excluding hydrogens is 397 g/mol. The first-order valence-electron chi connectivity index (χ1n) is 6.09. The van der Waals surface area contributed by atoms with Crippen molar-refractivity contribution >= 4 is 28.5 Å². The molecule has 116 valence electrons. The van der Waals surface area contributed by atoms with E-state index in [9.17, 15) is 24.6 Å². The highest BCUT2D eigenvalue weighted by atomic mass is 127. The Balaban J connectivity index is 2.36. The molecule has 0 aliphatic carbocycles. The third-order valence-corrected chi connectivity index (χ3v) is 3.82. The van der Waals surface area contributed by atoms with E-state index in [1.54, 1.807) is 0 Å². The summed E-state index contributed by atoms with van der Waals surface area (Å²) in [6, 6.07) is 0.216. The number of halogens is 1. The Morgan fingerprint density at radius 3 is 2.81 bits per heavy atom. The molecule has 2 unspecified atom stereocenters. The van der Waals surface area contributed by atoms with Crippen molar-refractivity contribution in [1.82, 2.24) is 14.9 Å². The van der Waals surface area contributed by atoms with Crippen LogP contribution in [0.3, 0.4) is 0 Å². The molecule has 1 aromatic heterocycles. The number of amides is 1. The molecule has 1 aliphatic rings. The molecule has 0 spiro atoms. The number of aromatic nitrogens is 2. The van der Waals surface area contributed by atoms with Crippen molar-refractivity contribution in [3.05, 3.63) is 33.1 Å². The lowest BCUT2D eigenvalue weighted by atomic mass is 10.1. The standard InChI is InChI=1S/C11H14IN3O6/c12-3-7(18)13-8-9(19)5(4-16)21-10(8)15-2-1-6(17)14-11(15)20/h1-2,5,8-10,16,19H,3-4H2,(H,13,18)(H,14,17,20)/t5-,8?,9?,10-/m0/s1. The van der Waals surface area contributed by atoms with E-state index < -0.39 is 42.3 Å². The highest BCUT2D eigenvalue weighted by molar-refractivity contribution is 14.1. The minimum atomic E-state index is -1.18. The van der Waals surface area contributed by atoms with Gasteiger partial charge in [0, 0.05) is 12.3 Å². The Hall–Kier alpha value is -1.24. The van der Waals surface area contributed by atoms with Crippen LogP contribution < -0.4 is 16.6 Å². The molecule has 21 heavy (non-hydrogen) atoms. The molecule has 0 aromatic carbocycles. The maximum atomic E-state index is 11.8. The van der Waals surface area contributed by atoms with E-state index in [0.717, 1.165) is 10.6 Å². The highest BCUT2D eigenvalue weighted by Crippen LogP contribution is 2.28. The fourth-order valence-electron chi connectivity index (χ4n) is 2.14. The largest absolute Gasteiger partial charge is 0.394 e. The summed E-state index contributed by atoms with van der Waals surface area (Å²) >= 11 is 1.85. The Kier molecular flexibility index (Phi) is 5.13. The summed E-state index contributed by atoms with van der Waals surface area (Å²) in [5, 5.41) is 21.8. The molecule has 2 heterocycles. The quantitative estimate of drug-likeness (QED) is 0.326. The molecule has 1 saturated heterocycles. The second kappa shape index (κ2) is 6.68. The molecule has 0 bridgehead atoms. The zero-order valence-corrected chi connectivity index (χ0v) is 12.9. The van der Waals surface area contributed by atoms with Crippen molar-refractivity contribution in [2.24, 2.45) is 0 Å². The number of nitrogens with zero attached hydrogens (tertiary/aromatic N) is 1. The molecule has 1 aliphatic heterocycles. The van der Waals surface area contributed by atoms with Gasteiger partial charge in [0.1, 0.15) is 18.2 Å². The molecule has 4 atom stereocenters. The molecular formula is C11H14IN3O6. The highest BCUT2D eigenvalue weighted by Gasteiger charge is 2.45. The predicted molar refractivity (Wildman–Crippen MR) is 79.1 cm³/mol. The molecule has 9 nitrogen and oxygen atoms in total. The fourth-order valence-corrected chi connectivity index (χ4v) is 2.36. The number of aromatic amines is 1. The second-order valence-electron chi connectivity index (χ2n) is 4.48. The molecule has 0 radical (unpaired) electrons. The molecule has 4 N–H and O–H groups in total. The Bertz CT molecular complexity index is 629. The number of carbonyl (C=O) groups is 1. The van der Waals surface area contributed by atoms with Gasteiger partial charge in [-0.25, -0.2) is 4.79 Å². The molecule has 2 rings (SSSR count). The van der Waals surface area contributed by atoms with Gasteiger partial charge in [-0.3, -0.25) is 19.1 Å². The predicted octanol–water partition coefficient (Wildman–Crippen LogP) is -2.29. The van der Waals surface area contributed by atoms with Gasteiger partial charge in [-0.05, 0) is 0 Å². The number of H-pyrrole nitrogens is 1. The van der Waals surface area contributed by atoms with Crippen LogP contribution in [0.5, 0.6) is 0 Å². The molecule has 1 amide bonds. The smallest absolute Gasteiger partial charge is 0.330 e. The van der Waals surface area contributed by atoms with E-state index in [1.165, 1.54) is 6.20 Å². The summed E-state index contributed by atoms with van der Waals surface area (Å²) in [5.41, 5.74) is -1.30. The van der Waals surface area contributed by atoms with Crippen LogP contribution in [0, 0.1) is 0 Å². The summed E-state index contributed by atoms with van der Waals surface area (Å²) in [6.45, 7) is -0.466. The fraction of sp³-hybridized carbons (Fsp3) is 0.545. The first kappa shape index (κ1) is 16.1. The van der Waals surface area contributed by atoms with E-state index in [-0.39, 0.29) is 10.3 Å². The van der Waals surface area contributed by atoms with Gasteiger partial charge in [0.15, 0.2) is 6.23 Å². The third kappa shape index (κ3) is 3.33. The number of hydrogen-bond acceptors (Lipinski definition) is 6. The van der Waals surface area contributed by atoms with Crippen LogP contribution in [-0.4, -0.2) is 55.0 Å². The monoisotopic (exact) mass is 411 g/mol. The lowest BCUT2D eigenvalue weighted by molar-refractivity contribution is -0.120. The zero-order chi connectivity index (χ0) is 15.6. The van der Waals surface area contributed by atoms with Crippen LogP contribution in [0.1, 0.15) is 6.23 Å². The number of alkyl halides is 1. The van der Waals surface area contributed by atoms with Gasteiger partial charge in [-0.15, -0.1) is 0 Å². The van der Waals surface area contributed by atoms with E-state index in [2.05, 4.69) is 10.3 Å². The van der Waals surface area contributed by atoms with E-state index >= 15 is 0 Å². The minimum Gasteiger partial charge on any atom is -0.394 e. The van der Waals surface area contributed by atoms with E-state index in [1.807, 2.05) is 22.6 Å². The number of aliphatic hydroxyl groups is 2. The Labute approximate surface area is 132 Å². The number of rotatable bonds is 4. The van der Waals surface area contributed by atoms with Gasteiger partial charge in [-0.2, -0.15) is 0 Å². The van der Waals surface area contributed by atoms with Gasteiger partial charge >= 0.3 is 5.69 Å². The number of nitrogens with one attached hydrogen (secondary N) is 2. The molecule has 10 heteroatoms. The van der Waals surface area contributed by atoms with Crippen LogP contribution in [0.25, 0.3) is 0 Å². The van der Waals surface area contributed by atoms with Gasteiger partial charge in [0.2, 0.25) is 5.91 Å². The normalized spacial score (nSPS) is 28.5. The lowest BCUT2D eigenvalue weighted by Crippen LogP contribution is -2.48. The SMILES string of the molecule is O=C(CI)NC1C(O)[C@H](CO)O[C@@H]1n1ccc(=O)[nH]c1=O. The van der Waals surface area contributed by atoms with Gasteiger partial charge in [-0.1, -0.05) is 22.6 Å². The van der Waals surface area contributed by atoms with Crippen LogP contribution in [0.2, 0.25) is 0 Å². The second-order valence-corrected chi connectivity index (χ2v) is 5.25. The third-order valence-electron chi connectivity index (χ3n) is 3.12. The summed E-state index contributed by atoms with van der Waals surface area (Å²) in [5.74, 6) is -0.343. The van der Waals surface area contributed by atoms with E-state index in [0.29, 0.717) is 0 Å². The van der Waals surface area contributed by atoms with Gasteiger partial charge in [0.05, 0.1) is 11.0 Å². The lowest BCUT2D eigenvalue weighted by Gasteiger charge is -2.22. The van der Waals surface area contributed by atoms with Crippen LogP contribution >= 0.6 is 22.6 Å². The maximum Gasteiger partial charge on any atom is 0.330 e. The topological polar surface area (TPSA) is 134 Å². The minimum absolute atomic E-state index is 0.165. The Morgan fingerprint density at radius 1 is 1.52 bits per heavy atom. The number of hydrogen-bond donors (Lipinski definition) is 4. The average molecular weight is 411 g/mol. The maximum absolute atomic E-state index is 11.8. The number of ether oxygens (including phenoxy) is 1. The van der Waals surface area contributed by atoms with Gasteiger partial charge < -0.3 is 20.3 Å². The number of carbonyl (C=O) groups excluding carboxylic acids is 1. The first-order valence-corrected chi connectivity index (χ1v) is 7.61. The van der Waals surface area contributed by atoms with Crippen molar-refractivity contribution in [3.63, 3.8) is 0 Å². The van der Waals surface area contributed by atoms with Crippen molar-refractivity contribution < 1.29 is 19.7 Å². The first-order chi connectivity index (χ1) is 9.97. The summed E-state index contributed by atoms with van der Waals surface area (Å²) in [4.78, 5) is 36.5. The van der Waals surface area contributed by atoms with Gasteiger partial charge in [0.25, 0.3) is 5.56 Å². The van der Waals surface area contributed by atoms with Crippen molar-refractivity contribution in [3.8, 4) is 0 Å². The van der Waals surface area contributed by atoms with Crippen LogP contribution in [-0.2, 0) is 9.53 Å². The summed E-state index contributed by atoms with van der Waals surface area (Å²) in [6.07, 6.45) is -1.92. The number of aliphatic hydroxyl groups excluding tert-OH is 2. The van der Waals surface area contributed by atoms with Crippen molar-refractivity contribution in [2.75, 3.05) is 11.0 Å². The summed E-state index contributed by atoms with van der Waals surface area (Å²) in [7, 11) is 0. The Morgan fingerprint density at radius 2 is 2.24 bits per heavy atom. The van der Waals surface area contributed by atoms with E-state index in [4.69, 9.17) is 4.74 Å². The molecule has 1 fully saturated rings. The molecule has 0 saturated carbocycles. The zero-order valence-electron chi connectivity index (χ0n) is 10.7. The molecule has 1 aromatic rings. The van der Waals surface area contributed by atoms with Crippen LogP contribution in [0.4, 0.5) is 0 Å².